The van der Waals surface area contributed by atoms with Crippen LogP contribution in [0.1, 0.15) is 61.1 Å². The first kappa shape index (κ1) is 73.3. The molecule has 24 rings (SSSR count). The molecule has 0 bridgehead atoms. The van der Waals surface area contributed by atoms with Gasteiger partial charge >= 0.3 is 0 Å². The van der Waals surface area contributed by atoms with Crippen molar-refractivity contribution in [2.45, 2.75) is 44.9 Å². The Morgan fingerprint density at radius 2 is 0.456 bits per heavy atom. The fourth-order valence-electron chi connectivity index (χ4n) is 21.2. The topological polar surface area (TPSA) is 18.0 Å². The van der Waals surface area contributed by atoms with Crippen molar-refractivity contribution >= 4 is 49.8 Å². The van der Waals surface area contributed by atoms with Gasteiger partial charge in [0.05, 0.1) is 33.6 Å². The summed E-state index contributed by atoms with van der Waals surface area (Å²) in [4.78, 5) is 2.43. The van der Waals surface area contributed by atoms with E-state index in [2.05, 4.69) is 483 Å². The molecule has 0 fully saturated rings. The second kappa shape index (κ2) is 29.1. The van der Waals surface area contributed by atoms with Crippen LogP contribution in [0.3, 0.4) is 0 Å². The van der Waals surface area contributed by atoms with Crippen molar-refractivity contribution in [3.05, 3.63) is 470 Å². The van der Waals surface area contributed by atoms with Gasteiger partial charge in [-0.3, -0.25) is 0 Å². The number of para-hydroxylation sites is 3. The predicted molar refractivity (Wildman–Crippen MR) is 524 cm³/mol. The van der Waals surface area contributed by atoms with Gasteiger partial charge in [0.25, 0.3) is 0 Å². The summed E-state index contributed by atoms with van der Waals surface area (Å²) >= 11 is 0. The maximum absolute atomic E-state index is 2.50. The van der Waals surface area contributed by atoms with Crippen molar-refractivity contribution in [3.63, 3.8) is 0 Å². The second-order valence-electron chi connectivity index (χ2n) is 35.0. The molecule has 0 aliphatic heterocycles. The minimum absolute atomic E-state index is 0.296. The van der Waals surface area contributed by atoms with Crippen LogP contribution in [-0.2, 0) is 17.3 Å². The summed E-state index contributed by atoms with van der Waals surface area (Å²) in [7, 11) is 0. The number of benzene rings is 18. The van der Waals surface area contributed by atoms with E-state index in [0.29, 0.717) is 0 Å². The zero-order valence-corrected chi connectivity index (χ0v) is 70.1. The highest BCUT2D eigenvalue weighted by atomic mass is 15.1. The molecule has 0 amide bonds. The van der Waals surface area contributed by atoms with E-state index in [1.807, 2.05) is 0 Å². The van der Waals surface area contributed by atoms with Crippen LogP contribution in [0.25, 0.3) is 184 Å². The van der Waals surface area contributed by atoms with Gasteiger partial charge in [-0.2, -0.15) is 0 Å². The van der Waals surface area contributed by atoms with Crippen LogP contribution in [0, 0.1) is 0 Å². The van der Waals surface area contributed by atoms with Gasteiger partial charge in [0, 0.05) is 77.8 Å². The number of hydrogen-bond acceptors (Lipinski definition) is 1. The first-order valence-corrected chi connectivity index (χ1v) is 43.7. The molecule has 125 heavy (non-hydrogen) atoms. The number of fused-ring (bicyclic) bond motifs is 12. The van der Waals surface area contributed by atoms with Gasteiger partial charge in [0.15, 0.2) is 0 Å². The standard InChI is InChI=1S/C121H86N4/c1-120(2)107-70-88(57-66-99(107)102-74-105-112(76-109(102)120)124(93-46-28-12-29-47-93)118(85-40-22-9-23-41-85)115(105)82-34-16-6-17-35-82)79-52-61-96(62-53-79)122(95-59-50-78(51-60-95)87-56-65-98-90(68-87)69-91-72-111-104(73-101(91)98)114(81-32-14-5-15-33-81)117(84-38-20-8-21-39-84)123(111)92-44-26-11-27-45-92)97-63-54-80(55-64-97)89-58-67-100-103-75-106-113(77-110(103)121(3,4)108(100)71-89)125(94-48-30-13-31-49-94)119(86-42-24-10-25-43-86)116(106)83-36-18-7-19-37-83/h5-68,70-77H,69H2,1-4H3. The van der Waals surface area contributed by atoms with E-state index in [-0.39, 0.29) is 10.8 Å². The Balaban J connectivity index is 0.595. The Morgan fingerprint density at radius 1 is 0.200 bits per heavy atom. The monoisotopic (exact) mass is 1590 g/mol. The Hall–Kier alpha value is -15.6. The third-order valence-corrected chi connectivity index (χ3v) is 27.2. The molecule has 0 saturated carbocycles. The Kier molecular flexibility index (Phi) is 17.0. The highest BCUT2D eigenvalue weighted by Gasteiger charge is 2.40. The fraction of sp³-hybridized carbons (Fsp3) is 0.0579. The van der Waals surface area contributed by atoms with Gasteiger partial charge in [-0.25, -0.2) is 0 Å². The number of rotatable bonds is 15. The molecular formula is C121H86N4. The first-order chi connectivity index (χ1) is 61.5. The SMILES string of the molecule is CC1(C)c2cc(-c3ccc(N(c4ccc(-c5ccc6c(c5)Cc5cc7c(cc5-6)c(-c5ccccc5)c(-c5ccccc5)n7-c5ccccc5)cc4)c4ccc(-c5ccc6c(c5)C(C)(C)c5cc7c(cc5-6)c(-c5ccccc5)c(-c5ccccc5)n7-c5ccccc5)cc4)cc3)ccc2-c2cc3c(-c4ccccc4)c(-c4ccccc4)n(-c4ccccc4)c3cc21. The summed E-state index contributed by atoms with van der Waals surface area (Å²) in [5.41, 5.74) is 47.0. The van der Waals surface area contributed by atoms with Crippen molar-refractivity contribution in [2.75, 3.05) is 4.90 Å². The average molecular weight is 1600 g/mol. The lowest BCUT2D eigenvalue weighted by molar-refractivity contribution is 0.661. The maximum Gasteiger partial charge on any atom is 0.0619 e. The van der Waals surface area contributed by atoms with Crippen molar-refractivity contribution in [2.24, 2.45) is 0 Å². The van der Waals surface area contributed by atoms with Crippen LogP contribution in [0.15, 0.2) is 437 Å². The van der Waals surface area contributed by atoms with E-state index >= 15 is 0 Å². The van der Waals surface area contributed by atoms with Crippen molar-refractivity contribution in [3.8, 4) is 151 Å². The molecule has 0 spiro atoms. The van der Waals surface area contributed by atoms with Crippen molar-refractivity contribution < 1.29 is 0 Å². The zero-order valence-electron chi connectivity index (χ0n) is 70.1. The lowest BCUT2D eigenvalue weighted by Gasteiger charge is -2.26. The molecule has 0 saturated heterocycles. The van der Waals surface area contributed by atoms with E-state index in [1.54, 1.807) is 0 Å². The van der Waals surface area contributed by atoms with Gasteiger partial charge in [0.2, 0.25) is 0 Å². The Labute approximate surface area is 729 Å². The van der Waals surface area contributed by atoms with Gasteiger partial charge in [0.1, 0.15) is 0 Å². The quantitative estimate of drug-likeness (QED) is 0.100. The number of anilines is 3. The van der Waals surface area contributed by atoms with E-state index in [0.717, 1.165) is 40.5 Å². The van der Waals surface area contributed by atoms with Crippen molar-refractivity contribution in [1.82, 2.24) is 13.7 Å². The van der Waals surface area contributed by atoms with Crippen LogP contribution in [0.4, 0.5) is 17.1 Å². The van der Waals surface area contributed by atoms with Gasteiger partial charge in [-0.15, -0.1) is 0 Å². The summed E-state index contributed by atoms with van der Waals surface area (Å²) in [5.74, 6) is 0. The maximum atomic E-state index is 2.50. The lowest BCUT2D eigenvalue weighted by atomic mass is 9.81. The summed E-state index contributed by atoms with van der Waals surface area (Å²) in [6.07, 6.45) is 0.848. The zero-order chi connectivity index (χ0) is 83.2. The summed E-state index contributed by atoms with van der Waals surface area (Å²) in [6, 6.07) is 163. The molecule has 18 aromatic carbocycles. The Morgan fingerprint density at radius 3 is 0.784 bits per heavy atom. The molecule has 4 nitrogen and oxygen atoms in total. The van der Waals surface area contributed by atoms with Crippen LogP contribution < -0.4 is 4.90 Å². The molecule has 0 atom stereocenters. The normalized spacial score (nSPS) is 13.1. The van der Waals surface area contributed by atoms with E-state index in [1.165, 1.54) is 200 Å². The highest BCUT2D eigenvalue weighted by Crippen LogP contribution is 2.58. The van der Waals surface area contributed by atoms with Crippen LogP contribution >= 0.6 is 0 Å². The predicted octanol–water partition coefficient (Wildman–Crippen LogP) is 32.2. The molecule has 3 aromatic heterocycles. The second-order valence-corrected chi connectivity index (χ2v) is 35.0. The molecule has 0 unspecified atom stereocenters. The third kappa shape index (κ3) is 11.9. The molecule has 0 N–H and O–H groups in total. The molecule has 21 aromatic rings. The van der Waals surface area contributed by atoms with E-state index in [4.69, 9.17) is 0 Å². The molecule has 0 radical (unpaired) electrons. The first-order valence-electron chi connectivity index (χ1n) is 43.7. The summed E-state index contributed by atoms with van der Waals surface area (Å²) in [6.45, 7) is 9.67. The molecule has 3 heterocycles. The number of hydrogen-bond donors (Lipinski definition) is 0. The fourth-order valence-corrected chi connectivity index (χ4v) is 21.2. The smallest absolute Gasteiger partial charge is 0.0619 e. The largest absolute Gasteiger partial charge is 0.311 e. The van der Waals surface area contributed by atoms with Gasteiger partial charge in [-0.1, -0.05) is 343 Å². The molecule has 3 aliphatic rings. The molecule has 3 aliphatic carbocycles. The van der Waals surface area contributed by atoms with Crippen LogP contribution in [-0.4, -0.2) is 13.7 Å². The third-order valence-electron chi connectivity index (χ3n) is 27.2. The Bertz CT molecular complexity index is 7490. The van der Waals surface area contributed by atoms with Crippen LogP contribution in [0.2, 0.25) is 0 Å². The number of aromatic nitrogens is 3. The molecule has 4 heteroatoms. The minimum atomic E-state index is -0.296. The minimum Gasteiger partial charge on any atom is -0.311 e. The molecular weight excluding hydrogens is 1510 g/mol. The highest BCUT2D eigenvalue weighted by molar-refractivity contribution is 6.12. The molecule has 590 valence electrons. The summed E-state index contributed by atoms with van der Waals surface area (Å²) in [5, 5.41) is 3.73. The summed E-state index contributed by atoms with van der Waals surface area (Å²) < 4.78 is 7.49. The average Bonchev–Trinajstić information content (AvgIpc) is 1.55. The number of nitrogens with zero attached hydrogens (tertiary/aromatic N) is 4. The van der Waals surface area contributed by atoms with Gasteiger partial charge < -0.3 is 18.6 Å². The van der Waals surface area contributed by atoms with Gasteiger partial charge in [-0.05, 0) is 261 Å². The lowest BCUT2D eigenvalue weighted by Crippen LogP contribution is -2.15. The van der Waals surface area contributed by atoms with Crippen molar-refractivity contribution in [1.29, 1.82) is 0 Å². The van der Waals surface area contributed by atoms with Crippen LogP contribution in [0.5, 0.6) is 0 Å². The van der Waals surface area contributed by atoms with E-state index in [9.17, 15) is 0 Å². The van der Waals surface area contributed by atoms with E-state index < -0.39 is 0 Å².